The number of anilines is 1. The van der Waals surface area contributed by atoms with Crippen molar-refractivity contribution < 1.29 is 5.11 Å². The van der Waals surface area contributed by atoms with Gasteiger partial charge in [0, 0.05) is 17.6 Å². The van der Waals surface area contributed by atoms with Gasteiger partial charge in [-0.25, -0.2) is 15.0 Å². The van der Waals surface area contributed by atoms with Gasteiger partial charge in [-0.05, 0) is 43.2 Å². The molecular weight excluding hydrogens is 320 g/mol. The smallest absolute Gasteiger partial charge is 0.147 e. The van der Waals surface area contributed by atoms with E-state index in [2.05, 4.69) is 29.1 Å². The first-order valence-electron chi connectivity index (χ1n) is 8.57. The van der Waals surface area contributed by atoms with E-state index in [0.717, 1.165) is 33.7 Å². The van der Waals surface area contributed by atoms with Crippen molar-refractivity contribution in [3.05, 3.63) is 23.1 Å². The highest BCUT2D eigenvalue weighted by molar-refractivity contribution is 7.26. The van der Waals surface area contributed by atoms with Crippen LogP contribution in [-0.4, -0.2) is 32.7 Å². The highest BCUT2D eigenvalue weighted by Gasteiger charge is 2.25. The molecule has 6 heteroatoms. The van der Waals surface area contributed by atoms with E-state index >= 15 is 0 Å². The van der Waals surface area contributed by atoms with Crippen LogP contribution in [-0.2, 0) is 12.8 Å². The van der Waals surface area contributed by atoms with Crippen molar-refractivity contribution in [2.75, 3.05) is 11.9 Å². The van der Waals surface area contributed by atoms with Gasteiger partial charge in [-0.15, -0.1) is 11.3 Å². The molecule has 1 atom stereocenters. The number of thiophene rings is 1. The second kappa shape index (κ2) is 5.93. The summed E-state index contributed by atoms with van der Waals surface area (Å²) in [5, 5.41) is 14.0. The third-order valence-corrected chi connectivity index (χ3v) is 5.70. The maximum absolute atomic E-state index is 9.53. The molecule has 5 nitrogen and oxygen atoms in total. The number of pyridine rings is 1. The number of nitrogens with zero attached hydrogens (tertiary/aromatic N) is 3. The Balaban J connectivity index is 1.97. The molecule has 1 aliphatic carbocycles. The fraction of sp³-hybridized carbons (Fsp3) is 0.500. The van der Waals surface area contributed by atoms with E-state index < -0.39 is 6.10 Å². The van der Waals surface area contributed by atoms with Gasteiger partial charge in [-0.3, -0.25) is 0 Å². The number of hydrogen-bond acceptors (Lipinski definition) is 6. The molecule has 0 amide bonds. The molecule has 1 aliphatic rings. The third kappa shape index (κ3) is 2.45. The Hall–Kier alpha value is -1.79. The summed E-state index contributed by atoms with van der Waals surface area (Å²) in [6.07, 6.45) is 4.63. The molecule has 0 radical (unpaired) electrons. The fourth-order valence-electron chi connectivity index (χ4n) is 3.58. The van der Waals surface area contributed by atoms with E-state index in [1.807, 2.05) is 0 Å². The molecule has 0 aliphatic heterocycles. The van der Waals surface area contributed by atoms with E-state index in [4.69, 9.17) is 4.98 Å². The first-order valence-corrected chi connectivity index (χ1v) is 9.38. The highest BCUT2D eigenvalue weighted by Crippen LogP contribution is 2.42. The topological polar surface area (TPSA) is 70.9 Å². The van der Waals surface area contributed by atoms with Gasteiger partial charge < -0.3 is 10.4 Å². The average molecular weight is 342 g/mol. The Kier molecular flexibility index (Phi) is 3.89. The number of aromatic nitrogens is 3. The summed E-state index contributed by atoms with van der Waals surface area (Å²) < 4.78 is 1.04. The second-order valence-corrected chi connectivity index (χ2v) is 7.87. The van der Waals surface area contributed by atoms with Crippen molar-refractivity contribution in [2.45, 2.75) is 52.1 Å². The van der Waals surface area contributed by atoms with Crippen LogP contribution >= 0.6 is 11.3 Å². The maximum Gasteiger partial charge on any atom is 0.147 e. The van der Waals surface area contributed by atoms with E-state index in [1.165, 1.54) is 28.6 Å². The molecule has 0 aromatic carbocycles. The quantitative estimate of drug-likeness (QED) is 0.757. The highest BCUT2D eigenvalue weighted by atomic mass is 32.1. The summed E-state index contributed by atoms with van der Waals surface area (Å²) in [5.41, 5.74) is 5.12. The molecule has 4 rings (SSSR count). The molecule has 24 heavy (non-hydrogen) atoms. The van der Waals surface area contributed by atoms with Crippen LogP contribution < -0.4 is 5.32 Å². The molecule has 0 bridgehead atoms. The Labute approximate surface area is 145 Å². The summed E-state index contributed by atoms with van der Waals surface area (Å²) in [7, 11) is 0. The number of nitrogens with one attached hydrogen (secondary N) is 1. The first-order chi connectivity index (χ1) is 11.6. The van der Waals surface area contributed by atoms with Crippen LogP contribution in [0.2, 0.25) is 0 Å². The van der Waals surface area contributed by atoms with E-state index in [-0.39, 0.29) is 0 Å². The Morgan fingerprint density at radius 3 is 2.75 bits per heavy atom. The first kappa shape index (κ1) is 15.7. The zero-order chi connectivity index (χ0) is 16.8. The number of rotatable bonds is 4. The minimum absolute atomic E-state index is 0.417. The van der Waals surface area contributed by atoms with Crippen molar-refractivity contribution in [3.63, 3.8) is 0 Å². The van der Waals surface area contributed by atoms with Crippen LogP contribution in [0.1, 0.15) is 49.9 Å². The minimum atomic E-state index is -0.417. The number of fused-ring (bicyclic) bond motifs is 5. The predicted molar refractivity (Wildman–Crippen MR) is 99.0 cm³/mol. The summed E-state index contributed by atoms with van der Waals surface area (Å²) in [4.78, 5) is 15.0. The lowest BCUT2D eigenvalue weighted by Crippen LogP contribution is -2.16. The van der Waals surface area contributed by atoms with E-state index in [0.29, 0.717) is 12.5 Å². The van der Waals surface area contributed by atoms with Crippen LogP contribution in [0.15, 0.2) is 6.33 Å². The minimum Gasteiger partial charge on any atom is -0.392 e. The molecular formula is C18H22N4OS. The molecule has 0 unspecified atom stereocenters. The van der Waals surface area contributed by atoms with Crippen LogP contribution in [0, 0.1) is 0 Å². The van der Waals surface area contributed by atoms with Crippen molar-refractivity contribution in [2.24, 2.45) is 0 Å². The zero-order valence-corrected chi connectivity index (χ0v) is 15.1. The fourth-order valence-corrected chi connectivity index (χ4v) is 4.71. The van der Waals surface area contributed by atoms with E-state index in [1.54, 1.807) is 24.6 Å². The van der Waals surface area contributed by atoms with Crippen molar-refractivity contribution in [1.29, 1.82) is 0 Å². The lowest BCUT2D eigenvalue weighted by Gasteiger charge is -2.11. The molecule has 0 spiro atoms. The summed E-state index contributed by atoms with van der Waals surface area (Å²) in [6, 6.07) is 0. The summed E-state index contributed by atoms with van der Waals surface area (Å²) in [5.74, 6) is 1.23. The standard InChI is InChI=1S/C18H22N4OS/c1-9(2)14-12-6-4-5-11(12)13-15-16(24-18(13)22-14)17(21-8-20-15)19-7-10(3)23/h8-10,23H,4-7H2,1-3H3,(H,19,20,21)/t10-/m1/s1. The van der Waals surface area contributed by atoms with Crippen LogP contribution in [0.3, 0.4) is 0 Å². The number of hydrogen-bond donors (Lipinski definition) is 2. The van der Waals surface area contributed by atoms with Crippen LogP contribution in [0.25, 0.3) is 20.4 Å². The molecule has 0 saturated heterocycles. The van der Waals surface area contributed by atoms with Crippen molar-refractivity contribution in [3.8, 4) is 0 Å². The summed E-state index contributed by atoms with van der Waals surface area (Å²) in [6.45, 7) is 6.67. The normalized spacial score (nSPS) is 15.4. The van der Waals surface area contributed by atoms with Crippen molar-refractivity contribution >= 4 is 37.6 Å². The number of aliphatic hydroxyl groups excluding tert-OH is 1. The molecule has 0 saturated carbocycles. The van der Waals surface area contributed by atoms with Gasteiger partial charge in [-0.1, -0.05) is 13.8 Å². The van der Waals surface area contributed by atoms with Gasteiger partial charge in [0.05, 0.1) is 16.3 Å². The maximum atomic E-state index is 9.53. The van der Waals surface area contributed by atoms with Gasteiger partial charge in [0.1, 0.15) is 17.0 Å². The Morgan fingerprint density at radius 2 is 2.00 bits per heavy atom. The lowest BCUT2D eigenvalue weighted by atomic mass is 9.99. The largest absolute Gasteiger partial charge is 0.392 e. The number of aryl methyl sites for hydroxylation is 1. The SMILES string of the molecule is CC(C)c1nc2sc3c(NC[C@@H](C)O)ncnc3c2c2c1CCC2. The van der Waals surface area contributed by atoms with Gasteiger partial charge in [0.2, 0.25) is 0 Å². The van der Waals surface area contributed by atoms with E-state index in [9.17, 15) is 5.11 Å². The molecule has 2 N–H and O–H groups in total. The van der Waals surface area contributed by atoms with Gasteiger partial charge >= 0.3 is 0 Å². The molecule has 3 aromatic rings. The van der Waals surface area contributed by atoms with Gasteiger partial charge in [-0.2, -0.15) is 0 Å². The molecule has 126 valence electrons. The predicted octanol–water partition coefficient (Wildman–Crippen LogP) is 3.64. The van der Waals surface area contributed by atoms with Crippen LogP contribution in [0.4, 0.5) is 5.82 Å². The van der Waals surface area contributed by atoms with Crippen LogP contribution in [0.5, 0.6) is 0 Å². The summed E-state index contributed by atoms with van der Waals surface area (Å²) >= 11 is 1.66. The van der Waals surface area contributed by atoms with Gasteiger partial charge in [0.15, 0.2) is 0 Å². The molecule has 0 fully saturated rings. The second-order valence-electron chi connectivity index (χ2n) is 6.87. The monoisotopic (exact) mass is 342 g/mol. The zero-order valence-electron chi connectivity index (χ0n) is 14.3. The lowest BCUT2D eigenvalue weighted by molar-refractivity contribution is 0.208. The third-order valence-electron chi connectivity index (χ3n) is 4.62. The molecule has 3 heterocycles. The Morgan fingerprint density at radius 1 is 1.21 bits per heavy atom. The average Bonchev–Trinajstić information content (AvgIpc) is 3.15. The number of aliphatic hydroxyl groups is 1. The van der Waals surface area contributed by atoms with Crippen molar-refractivity contribution in [1.82, 2.24) is 15.0 Å². The Bertz CT molecular complexity index is 916. The van der Waals surface area contributed by atoms with Gasteiger partial charge in [0.25, 0.3) is 0 Å². The molecule has 3 aromatic heterocycles.